The Bertz CT molecular complexity index is 102. The maximum Gasteiger partial charge on any atom is 0.169 e. The van der Waals surface area contributed by atoms with Crippen molar-refractivity contribution in [2.24, 2.45) is 0 Å². The molecule has 1 saturated heterocycles. The quantitative estimate of drug-likeness (QED) is 0.470. The third-order valence-electron chi connectivity index (χ3n) is 1.23. The van der Waals surface area contributed by atoms with E-state index in [2.05, 4.69) is 0 Å². The van der Waals surface area contributed by atoms with Crippen LogP contribution < -0.4 is 0 Å². The zero-order valence-corrected chi connectivity index (χ0v) is 5.71. The molecule has 42 valence electrons. The van der Waals surface area contributed by atoms with E-state index in [-0.39, 0.29) is 0 Å². The molecular formula is C4H8ClOP. The average molecular weight is 139 g/mol. The van der Waals surface area contributed by atoms with Gasteiger partial charge in [-0.1, -0.05) is 11.2 Å². The first-order valence-electron chi connectivity index (χ1n) is 2.48. The van der Waals surface area contributed by atoms with Crippen LogP contribution in [0.15, 0.2) is 0 Å². The van der Waals surface area contributed by atoms with Crippen LogP contribution in [-0.4, -0.2) is 12.3 Å². The SMILES string of the molecule is O=P1(Cl)CCCC1. The molecule has 0 aromatic rings. The topological polar surface area (TPSA) is 17.1 Å². The molecule has 1 fully saturated rings. The van der Waals surface area contributed by atoms with Gasteiger partial charge in [-0.05, 0) is 12.8 Å². The number of hydrogen-bond acceptors (Lipinski definition) is 1. The van der Waals surface area contributed by atoms with Gasteiger partial charge in [-0.2, -0.15) is 0 Å². The highest BCUT2D eigenvalue weighted by Crippen LogP contribution is 2.56. The normalized spacial score (nSPS) is 28.1. The zero-order chi connectivity index (χ0) is 5.33. The summed E-state index contributed by atoms with van der Waals surface area (Å²) in [4.78, 5) is 0. The van der Waals surface area contributed by atoms with Gasteiger partial charge in [0.1, 0.15) is 0 Å². The highest BCUT2D eigenvalue weighted by atomic mass is 35.7. The molecule has 0 aromatic heterocycles. The van der Waals surface area contributed by atoms with Crippen LogP contribution in [-0.2, 0) is 4.57 Å². The van der Waals surface area contributed by atoms with Gasteiger partial charge in [0.25, 0.3) is 0 Å². The molecule has 0 bridgehead atoms. The van der Waals surface area contributed by atoms with Gasteiger partial charge in [0.2, 0.25) is 0 Å². The molecule has 0 spiro atoms. The minimum Gasteiger partial charge on any atom is -0.307 e. The van der Waals surface area contributed by atoms with Crippen LogP contribution in [0.1, 0.15) is 12.8 Å². The van der Waals surface area contributed by atoms with E-state index in [1.54, 1.807) is 0 Å². The lowest BCUT2D eigenvalue weighted by Gasteiger charge is -1.93. The van der Waals surface area contributed by atoms with Crippen LogP contribution >= 0.6 is 17.7 Å². The van der Waals surface area contributed by atoms with Crippen LogP contribution in [0.25, 0.3) is 0 Å². The average Bonchev–Trinajstić information content (AvgIpc) is 1.84. The molecule has 0 saturated carbocycles. The summed E-state index contributed by atoms with van der Waals surface area (Å²) in [6.07, 6.45) is 3.69. The summed E-state index contributed by atoms with van der Waals surface area (Å²) in [5.41, 5.74) is 0. The Morgan fingerprint density at radius 3 is 1.86 bits per heavy atom. The van der Waals surface area contributed by atoms with Crippen molar-refractivity contribution in [2.45, 2.75) is 12.8 Å². The molecule has 0 aromatic carbocycles. The summed E-state index contributed by atoms with van der Waals surface area (Å²) in [6.45, 7) is -2.07. The van der Waals surface area contributed by atoms with Gasteiger partial charge in [-0.25, -0.2) is 0 Å². The van der Waals surface area contributed by atoms with Crippen LogP contribution in [0, 0.1) is 0 Å². The Morgan fingerprint density at radius 2 is 1.71 bits per heavy atom. The van der Waals surface area contributed by atoms with E-state index < -0.39 is 6.49 Å². The van der Waals surface area contributed by atoms with Crippen LogP contribution in [0.4, 0.5) is 0 Å². The Labute approximate surface area is 48.2 Å². The molecule has 1 aliphatic heterocycles. The molecule has 0 unspecified atom stereocenters. The first-order valence-corrected chi connectivity index (χ1v) is 5.47. The van der Waals surface area contributed by atoms with Crippen LogP contribution in [0.2, 0.25) is 0 Å². The van der Waals surface area contributed by atoms with Gasteiger partial charge in [0.15, 0.2) is 6.49 Å². The maximum absolute atomic E-state index is 10.8. The van der Waals surface area contributed by atoms with Crippen molar-refractivity contribution in [3.8, 4) is 0 Å². The second-order valence-electron chi connectivity index (χ2n) is 1.94. The Kier molecular flexibility index (Phi) is 1.45. The first-order chi connectivity index (χ1) is 3.21. The molecule has 0 amide bonds. The van der Waals surface area contributed by atoms with E-state index in [9.17, 15) is 4.57 Å². The summed E-state index contributed by atoms with van der Waals surface area (Å²) in [5, 5.41) is 0. The molecule has 3 heteroatoms. The molecule has 0 N–H and O–H groups in total. The van der Waals surface area contributed by atoms with Crippen molar-refractivity contribution >= 4 is 17.7 Å². The third-order valence-corrected chi connectivity index (χ3v) is 4.22. The molecule has 7 heavy (non-hydrogen) atoms. The first kappa shape index (κ1) is 5.65. The standard InChI is InChI=1S/C4H8ClOP/c5-7(6)3-1-2-4-7/h1-4H2. The van der Waals surface area contributed by atoms with Gasteiger partial charge in [0.05, 0.1) is 0 Å². The summed E-state index contributed by atoms with van der Waals surface area (Å²) in [6, 6.07) is 0. The fourth-order valence-corrected chi connectivity index (χ4v) is 3.14. The van der Waals surface area contributed by atoms with Gasteiger partial charge >= 0.3 is 0 Å². The molecule has 1 aliphatic rings. The van der Waals surface area contributed by atoms with Gasteiger partial charge < -0.3 is 4.57 Å². The number of halogens is 1. The smallest absolute Gasteiger partial charge is 0.169 e. The lowest BCUT2D eigenvalue weighted by atomic mass is 10.4. The van der Waals surface area contributed by atoms with Crippen LogP contribution in [0.3, 0.4) is 0 Å². The van der Waals surface area contributed by atoms with Crippen molar-refractivity contribution in [1.29, 1.82) is 0 Å². The zero-order valence-electron chi connectivity index (χ0n) is 4.06. The number of rotatable bonds is 0. The summed E-state index contributed by atoms with van der Waals surface area (Å²) in [7, 11) is 0. The summed E-state index contributed by atoms with van der Waals surface area (Å²) < 4.78 is 10.8. The maximum atomic E-state index is 10.8. The predicted octanol–water partition coefficient (Wildman–Crippen LogP) is 2.30. The van der Waals surface area contributed by atoms with E-state index in [1.165, 1.54) is 0 Å². The van der Waals surface area contributed by atoms with Crippen molar-refractivity contribution in [1.82, 2.24) is 0 Å². The molecule has 0 atom stereocenters. The van der Waals surface area contributed by atoms with Crippen molar-refractivity contribution < 1.29 is 4.57 Å². The highest BCUT2D eigenvalue weighted by Gasteiger charge is 2.22. The second-order valence-corrected chi connectivity index (χ2v) is 6.27. The number of hydrogen-bond donors (Lipinski definition) is 0. The molecule has 0 aliphatic carbocycles. The molecular weight excluding hydrogens is 130 g/mol. The van der Waals surface area contributed by atoms with Gasteiger partial charge in [0, 0.05) is 12.3 Å². The highest BCUT2D eigenvalue weighted by molar-refractivity contribution is 7.89. The van der Waals surface area contributed by atoms with Gasteiger partial charge in [-0.15, -0.1) is 0 Å². The minimum absolute atomic E-state index is 0.772. The van der Waals surface area contributed by atoms with Crippen LogP contribution in [0.5, 0.6) is 0 Å². The molecule has 1 rings (SSSR count). The minimum atomic E-state index is -2.07. The lowest BCUT2D eigenvalue weighted by Crippen LogP contribution is -1.67. The second kappa shape index (κ2) is 1.80. The van der Waals surface area contributed by atoms with E-state index in [0.29, 0.717) is 0 Å². The predicted molar refractivity (Wildman–Crippen MR) is 32.4 cm³/mol. The third kappa shape index (κ3) is 1.47. The monoisotopic (exact) mass is 138 g/mol. The van der Waals surface area contributed by atoms with Gasteiger partial charge in [-0.3, -0.25) is 0 Å². The fraction of sp³-hybridized carbons (Fsp3) is 1.00. The fourth-order valence-electron chi connectivity index (χ4n) is 0.808. The summed E-state index contributed by atoms with van der Waals surface area (Å²) >= 11 is 5.52. The molecule has 1 heterocycles. The Morgan fingerprint density at radius 1 is 1.29 bits per heavy atom. The van der Waals surface area contributed by atoms with E-state index >= 15 is 0 Å². The molecule has 1 nitrogen and oxygen atoms in total. The van der Waals surface area contributed by atoms with Crippen molar-refractivity contribution in [2.75, 3.05) is 12.3 Å². The van der Waals surface area contributed by atoms with E-state index in [0.717, 1.165) is 25.2 Å². The Hall–Kier alpha value is 0.520. The van der Waals surface area contributed by atoms with Crippen molar-refractivity contribution in [3.63, 3.8) is 0 Å². The molecule has 0 radical (unpaired) electrons. The van der Waals surface area contributed by atoms with Crippen molar-refractivity contribution in [3.05, 3.63) is 0 Å². The van der Waals surface area contributed by atoms with E-state index in [4.69, 9.17) is 11.2 Å². The Balaban J connectivity index is 2.57. The lowest BCUT2D eigenvalue weighted by molar-refractivity contribution is 0.588. The van der Waals surface area contributed by atoms with E-state index in [1.807, 2.05) is 0 Å². The summed E-state index contributed by atoms with van der Waals surface area (Å²) in [5.74, 6) is 0. The largest absolute Gasteiger partial charge is 0.307 e.